The minimum atomic E-state index is -0.835. The third kappa shape index (κ3) is 2.69. The van der Waals surface area contributed by atoms with Crippen molar-refractivity contribution >= 4 is 23.3 Å². The number of carboxylic acid groups (broad SMARTS) is 1. The van der Waals surface area contributed by atoms with E-state index in [1.54, 1.807) is 4.90 Å². The lowest BCUT2D eigenvalue weighted by atomic mass is 10.0. The zero-order valence-corrected chi connectivity index (χ0v) is 12.4. The van der Waals surface area contributed by atoms with Gasteiger partial charge in [-0.05, 0) is 5.56 Å². The van der Waals surface area contributed by atoms with E-state index in [4.69, 9.17) is 16.7 Å². The number of hydrogen-bond donors (Lipinski definition) is 1. The van der Waals surface area contributed by atoms with Crippen molar-refractivity contribution in [3.63, 3.8) is 0 Å². The number of hydrogen-bond acceptors (Lipinski definition) is 4. The molecule has 0 atom stereocenters. The fourth-order valence-electron chi connectivity index (χ4n) is 2.38. The molecule has 0 aliphatic carbocycles. The molecular weight excluding hydrogens is 306 g/mol. The molecule has 114 valence electrons. The van der Waals surface area contributed by atoms with Crippen molar-refractivity contribution in [1.29, 1.82) is 0 Å². The van der Waals surface area contributed by atoms with Gasteiger partial charge in [0.05, 0.1) is 24.3 Å². The summed E-state index contributed by atoms with van der Waals surface area (Å²) >= 11 is 6.14. The summed E-state index contributed by atoms with van der Waals surface area (Å²) in [7, 11) is 0. The van der Waals surface area contributed by atoms with Crippen LogP contribution in [0.3, 0.4) is 0 Å². The minimum absolute atomic E-state index is 0.0785. The van der Waals surface area contributed by atoms with Crippen LogP contribution >= 0.6 is 11.6 Å². The van der Waals surface area contributed by atoms with Crippen molar-refractivity contribution in [2.75, 3.05) is 18.0 Å². The van der Waals surface area contributed by atoms with Crippen LogP contribution in [0.4, 0.5) is 5.69 Å². The molecule has 6 nitrogen and oxygen atoms in total. The van der Waals surface area contributed by atoms with Crippen LogP contribution in [0.5, 0.6) is 0 Å². The molecule has 0 spiro atoms. The SMILES string of the molecule is O=C(O)C1CN(c2cnn(Cc3ccccc3)c(=O)c2Cl)C1. The minimum Gasteiger partial charge on any atom is -0.481 e. The monoisotopic (exact) mass is 319 g/mol. The summed E-state index contributed by atoms with van der Waals surface area (Å²) < 4.78 is 1.30. The lowest BCUT2D eigenvalue weighted by Gasteiger charge is -2.38. The fourth-order valence-corrected chi connectivity index (χ4v) is 2.64. The summed E-state index contributed by atoms with van der Waals surface area (Å²) in [6.45, 7) is 1.04. The van der Waals surface area contributed by atoms with Gasteiger partial charge in [0.25, 0.3) is 5.56 Å². The second kappa shape index (κ2) is 5.81. The van der Waals surface area contributed by atoms with Gasteiger partial charge in [-0.3, -0.25) is 9.59 Å². The number of carbonyl (C=O) groups is 1. The molecule has 1 aliphatic heterocycles. The number of carboxylic acids is 1. The van der Waals surface area contributed by atoms with E-state index < -0.39 is 11.9 Å². The molecule has 3 rings (SSSR count). The predicted molar refractivity (Wildman–Crippen MR) is 82.4 cm³/mol. The Morgan fingerprint density at radius 3 is 2.64 bits per heavy atom. The Kier molecular flexibility index (Phi) is 3.85. The summed E-state index contributed by atoms with van der Waals surface area (Å²) in [5, 5.41) is 13.1. The van der Waals surface area contributed by atoms with Crippen LogP contribution in [0.2, 0.25) is 5.02 Å². The molecule has 22 heavy (non-hydrogen) atoms. The molecule has 0 amide bonds. The number of benzene rings is 1. The zero-order valence-electron chi connectivity index (χ0n) is 11.6. The summed E-state index contributed by atoms with van der Waals surface area (Å²) in [4.78, 5) is 24.9. The van der Waals surface area contributed by atoms with E-state index in [1.165, 1.54) is 10.9 Å². The first-order chi connectivity index (χ1) is 10.6. The van der Waals surface area contributed by atoms with Gasteiger partial charge in [-0.2, -0.15) is 5.10 Å². The third-order valence-corrected chi connectivity index (χ3v) is 4.07. The van der Waals surface area contributed by atoms with E-state index in [0.29, 0.717) is 25.3 Å². The summed E-state index contributed by atoms with van der Waals surface area (Å²) in [6.07, 6.45) is 1.52. The summed E-state index contributed by atoms with van der Waals surface area (Å²) in [5.41, 5.74) is 1.08. The first kappa shape index (κ1) is 14.6. The van der Waals surface area contributed by atoms with Crippen molar-refractivity contribution in [2.24, 2.45) is 5.92 Å². The average Bonchev–Trinajstić information content (AvgIpc) is 2.45. The van der Waals surface area contributed by atoms with Crippen LogP contribution in [0, 0.1) is 5.92 Å². The highest BCUT2D eigenvalue weighted by molar-refractivity contribution is 6.33. The van der Waals surface area contributed by atoms with Crippen LogP contribution in [-0.4, -0.2) is 33.9 Å². The molecule has 1 aromatic carbocycles. The van der Waals surface area contributed by atoms with Gasteiger partial charge in [0.15, 0.2) is 0 Å². The lowest BCUT2D eigenvalue weighted by Crippen LogP contribution is -2.51. The van der Waals surface area contributed by atoms with Gasteiger partial charge in [0.1, 0.15) is 5.02 Å². The Balaban J connectivity index is 1.81. The van der Waals surface area contributed by atoms with E-state index in [9.17, 15) is 9.59 Å². The molecule has 0 unspecified atom stereocenters. The molecular formula is C15H14ClN3O3. The number of halogens is 1. The molecule has 1 N–H and O–H groups in total. The highest BCUT2D eigenvalue weighted by Gasteiger charge is 2.34. The second-order valence-corrected chi connectivity index (χ2v) is 5.61. The summed E-state index contributed by atoms with van der Waals surface area (Å²) in [6, 6.07) is 9.50. The van der Waals surface area contributed by atoms with Crippen LogP contribution in [-0.2, 0) is 11.3 Å². The standard InChI is InChI=1S/C15H14ClN3O3/c16-13-12(18-8-11(9-18)15(21)22)6-17-19(14(13)20)7-10-4-2-1-3-5-10/h1-6,11H,7-9H2,(H,21,22). The van der Waals surface area contributed by atoms with Gasteiger partial charge in [0, 0.05) is 13.1 Å². The second-order valence-electron chi connectivity index (χ2n) is 5.23. The Morgan fingerprint density at radius 1 is 1.32 bits per heavy atom. The molecule has 1 saturated heterocycles. The Labute approximate surface area is 131 Å². The maximum Gasteiger partial charge on any atom is 0.310 e. The van der Waals surface area contributed by atoms with Crippen LogP contribution in [0.15, 0.2) is 41.3 Å². The van der Waals surface area contributed by atoms with Crippen molar-refractivity contribution in [1.82, 2.24) is 9.78 Å². The van der Waals surface area contributed by atoms with E-state index in [0.717, 1.165) is 5.56 Å². The summed E-state index contributed by atoms with van der Waals surface area (Å²) in [5.74, 6) is -1.25. The van der Waals surface area contributed by atoms with E-state index in [-0.39, 0.29) is 10.6 Å². The zero-order chi connectivity index (χ0) is 15.7. The van der Waals surface area contributed by atoms with Crippen LogP contribution in [0.25, 0.3) is 0 Å². The number of nitrogens with zero attached hydrogens (tertiary/aromatic N) is 3. The van der Waals surface area contributed by atoms with Gasteiger partial charge >= 0.3 is 5.97 Å². The molecule has 7 heteroatoms. The van der Waals surface area contributed by atoms with E-state index >= 15 is 0 Å². The highest BCUT2D eigenvalue weighted by atomic mass is 35.5. The van der Waals surface area contributed by atoms with Crippen LogP contribution in [0.1, 0.15) is 5.56 Å². The maximum atomic E-state index is 12.3. The molecule has 2 heterocycles. The van der Waals surface area contributed by atoms with E-state index in [2.05, 4.69) is 5.10 Å². The van der Waals surface area contributed by atoms with Crippen molar-refractivity contribution in [3.8, 4) is 0 Å². The molecule has 2 aromatic rings. The van der Waals surface area contributed by atoms with Gasteiger partial charge in [-0.15, -0.1) is 0 Å². The normalized spacial score (nSPS) is 14.7. The Morgan fingerprint density at radius 2 is 2.00 bits per heavy atom. The predicted octanol–water partition coefficient (Wildman–Crippen LogP) is 1.47. The first-order valence-corrected chi connectivity index (χ1v) is 7.21. The molecule has 1 aromatic heterocycles. The lowest BCUT2D eigenvalue weighted by molar-refractivity contribution is -0.142. The van der Waals surface area contributed by atoms with Crippen molar-refractivity contribution < 1.29 is 9.90 Å². The molecule has 1 aliphatic rings. The number of rotatable bonds is 4. The van der Waals surface area contributed by atoms with E-state index in [1.807, 2.05) is 30.3 Å². The smallest absolute Gasteiger partial charge is 0.310 e. The van der Waals surface area contributed by atoms with Gasteiger partial charge in [0.2, 0.25) is 0 Å². The maximum absolute atomic E-state index is 12.3. The third-order valence-electron chi connectivity index (χ3n) is 3.71. The largest absolute Gasteiger partial charge is 0.481 e. The molecule has 0 bridgehead atoms. The Hall–Kier alpha value is -2.34. The quantitative estimate of drug-likeness (QED) is 0.923. The highest BCUT2D eigenvalue weighted by Crippen LogP contribution is 2.28. The van der Waals surface area contributed by atoms with Crippen molar-refractivity contribution in [3.05, 3.63) is 57.5 Å². The van der Waals surface area contributed by atoms with Gasteiger partial charge in [-0.25, -0.2) is 4.68 Å². The first-order valence-electron chi connectivity index (χ1n) is 6.83. The number of aromatic nitrogens is 2. The number of aliphatic carboxylic acids is 1. The molecule has 1 fully saturated rings. The molecule has 0 saturated carbocycles. The number of anilines is 1. The average molecular weight is 320 g/mol. The van der Waals surface area contributed by atoms with Crippen LogP contribution < -0.4 is 10.5 Å². The van der Waals surface area contributed by atoms with Gasteiger partial charge < -0.3 is 10.0 Å². The van der Waals surface area contributed by atoms with Crippen molar-refractivity contribution in [2.45, 2.75) is 6.54 Å². The Bertz CT molecular complexity index is 754. The topological polar surface area (TPSA) is 75.4 Å². The van der Waals surface area contributed by atoms with Gasteiger partial charge in [-0.1, -0.05) is 41.9 Å². The molecule has 0 radical (unpaired) electrons. The fraction of sp³-hybridized carbons (Fsp3) is 0.267.